The van der Waals surface area contributed by atoms with Crippen LogP contribution in [0.15, 0.2) is 6.20 Å². The lowest BCUT2D eigenvalue weighted by molar-refractivity contribution is -0.0596. The number of imidazole rings is 1. The second-order valence-corrected chi connectivity index (χ2v) is 5.93. The minimum Gasteiger partial charge on any atom is -0.461 e. The second-order valence-electron chi connectivity index (χ2n) is 5.93. The monoisotopic (exact) mass is 299 g/mol. The van der Waals surface area contributed by atoms with E-state index in [1.54, 1.807) is 13.1 Å². The summed E-state index contributed by atoms with van der Waals surface area (Å²) in [6, 6.07) is 0.163. The number of hydrogen-bond donors (Lipinski definition) is 1. The number of alkyl halides is 2. The van der Waals surface area contributed by atoms with Crippen LogP contribution in [0.3, 0.4) is 0 Å². The van der Waals surface area contributed by atoms with Crippen molar-refractivity contribution < 1.29 is 18.3 Å². The minimum absolute atomic E-state index is 0.175. The van der Waals surface area contributed by atoms with Crippen molar-refractivity contribution in [3.8, 4) is 6.01 Å². The predicted molar refractivity (Wildman–Crippen MR) is 71.7 cm³/mol. The zero-order chi connectivity index (χ0) is 15.0. The normalized spacial score (nSPS) is 22.0. The van der Waals surface area contributed by atoms with E-state index < -0.39 is 5.92 Å². The number of amides is 1. The van der Waals surface area contributed by atoms with Gasteiger partial charge >= 0.3 is 12.0 Å². The third kappa shape index (κ3) is 3.51. The number of nitrogens with zero attached hydrogens (tertiary/aromatic N) is 2. The smallest absolute Gasteiger partial charge is 0.329 e. The van der Waals surface area contributed by atoms with E-state index in [9.17, 15) is 13.6 Å². The lowest BCUT2D eigenvalue weighted by Crippen LogP contribution is -2.33. The molecule has 116 valence electrons. The van der Waals surface area contributed by atoms with Gasteiger partial charge in [0.1, 0.15) is 6.10 Å². The van der Waals surface area contributed by atoms with E-state index in [4.69, 9.17) is 4.74 Å². The van der Waals surface area contributed by atoms with E-state index >= 15 is 0 Å². The summed E-state index contributed by atoms with van der Waals surface area (Å²) in [5.41, 5.74) is 0.664. The second kappa shape index (κ2) is 5.27. The molecule has 0 bridgehead atoms. The molecule has 5 nitrogen and oxygen atoms in total. The average Bonchev–Trinajstić information content (AvgIpc) is 3.14. The zero-order valence-corrected chi connectivity index (χ0v) is 11.9. The van der Waals surface area contributed by atoms with Crippen LogP contribution in [0.25, 0.3) is 0 Å². The van der Waals surface area contributed by atoms with Gasteiger partial charge < -0.3 is 10.1 Å². The highest BCUT2D eigenvalue weighted by Crippen LogP contribution is 2.34. The van der Waals surface area contributed by atoms with Gasteiger partial charge in [-0.2, -0.15) is 0 Å². The SMILES string of the molecule is Cc1cn(C(=O)NC2CC2)c(OC2CCC(F)(F)CC2)n1. The molecule has 0 radical (unpaired) electrons. The summed E-state index contributed by atoms with van der Waals surface area (Å²) in [6.07, 6.45) is 3.49. The maximum Gasteiger partial charge on any atom is 0.329 e. The lowest BCUT2D eigenvalue weighted by Gasteiger charge is -2.28. The number of carbonyl (C=O) groups excluding carboxylic acids is 1. The first kappa shape index (κ1) is 14.3. The van der Waals surface area contributed by atoms with Crippen LogP contribution in [-0.4, -0.2) is 33.7 Å². The fraction of sp³-hybridized carbons (Fsp3) is 0.714. The first-order chi connectivity index (χ1) is 9.93. The van der Waals surface area contributed by atoms with Crippen LogP contribution in [0, 0.1) is 6.92 Å². The Morgan fingerprint density at radius 2 is 2.05 bits per heavy atom. The molecule has 21 heavy (non-hydrogen) atoms. The Balaban J connectivity index is 1.66. The molecule has 0 atom stereocenters. The molecule has 0 aliphatic heterocycles. The van der Waals surface area contributed by atoms with Crippen molar-refractivity contribution >= 4 is 6.03 Å². The van der Waals surface area contributed by atoms with Crippen molar-refractivity contribution in [3.05, 3.63) is 11.9 Å². The number of rotatable bonds is 3. The molecule has 2 aliphatic rings. The molecule has 0 spiro atoms. The van der Waals surface area contributed by atoms with Crippen molar-refractivity contribution in [3.63, 3.8) is 0 Å². The van der Waals surface area contributed by atoms with Crippen LogP contribution in [0.5, 0.6) is 6.01 Å². The third-order valence-corrected chi connectivity index (χ3v) is 3.85. The molecule has 1 aromatic rings. The summed E-state index contributed by atoms with van der Waals surface area (Å²) in [6.45, 7) is 1.77. The Labute approximate surface area is 121 Å². The van der Waals surface area contributed by atoms with Gasteiger partial charge in [0.25, 0.3) is 0 Å². The van der Waals surface area contributed by atoms with Gasteiger partial charge in [-0.15, -0.1) is 0 Å². The van der Waals surface area contributed by atoms with E-state index in [-0.39, 0.29) is 49.9 Å². The van der Waals surface area contributed by atoms with Crippen LogP contribution in [0.2, 0.25) is 0 Å². The first-order valence-corrected chi connectivity index (χ1v) is 7.34. The number of nitrogens with one attached hydrogen (secondary N) is 1. The van der Waals surface area contributed by atoms with E-state index in [0.29, 0.717) is 5.69 Å². The number of hydrogen-bond acceptors (Lipinski definition) is 3. The third-order valence-electron chi connectivity index (χ3n) is 3.85. The van der Waals surface area contributed by atoms with Crippen LogP contribution in [0.4, 0.5) is 13.6 Å². The van der Waals surface area contributed by atoms with Gasteiger partial charge in [-0.25, -0.2) is 23.1 Å². The Bertz CT molecular complexity index is 530. The average molecular weight is 299 g/mol. The molecule has 1 heterocycles. The van der Waals surface area contributed by atoms with Crippen molar-refractivity contribution in [1.29, 1.82) is 0 Å². The van der Waals surface area contributed by atoms with E-state index in [1.807, 2.05) is 0 Å². The molecule has 1 aromatic heterocycles. The van der Waals surface area contributed by atoms with Gasteiger partial charge in [0.2, 0.25) is 5.92 Å². The van der Waals surface area contributed by atoms with E-state index in [2.05, 4.69) is 10.3 Å². The maximum atomic E-state index is 13.1. The first-order valence-electron chi connectivity index (χ1n) is 7.34. The van der Waals surface area contributed by atoms with Gasteiger partial charge in [0, 0.05) is 25.1 Å². The molecule has 3 rings (SSSR count). The summed E-state index contributed by atoms with van der Waals surface area (Å²) < 4.78 is 33.3. The van der Waals surface area contributed by atoms with Crippen LogP contribution in [-0.2, 0) is 0 Å². The number of ether oxygens (including phenoxy) is 1. The van der Waals surface area contributed by atoms with Crippen LogP contribution < -0.4 is 10.1 Å². The standard InChI is InChI=1S/C14H19F2N3O2/c1-9-8-19(12(20)18-10-2-3-10)13(17-9)21-11-4-6-14(15,16)7-5-11/h8,10-11H,2-7H2,1H3,(H,18,20). The molecule has 7 heteroatoms. The highest BCUT2D eigenvalue weighted by atomic mass is 19.3. The molecular weight excluding hydrogens is 280 g/mol. The van der Waals surface area contributed by atoms with Crippen molar-refractivity contribution in [2.75, 3.05) is 0 Å². The molecule has 0 unspecified atom stereocenters. The Kier molecular flexibility index (Phi) is 3.59. The Morgan fingerprint density at radius 1 is 1.38 bits per heavy atom. The van der Waals surface area contributed by atoms with Crippen molar-refractivity contribution in [2.45, 2.75) is 63.5 Å². The summed E-state index contributed by atoms with van der Waals surface area (Å²) in [5.74, 6) is -2.59. The van der Waals surface area contributed by atoms with E-state index in [0.717, 1.165) is 12.8 Å². The molecular formula is C14H19F2N3O2. The predicted octanol–water partition coefficient (Wildman–Crippen LogP) is 2.87. The Morgan fingerprint density at radius 3 is 2.67 bits per heavy atom. The van der Waals surface area contributed by atoms with Gasteiger partial charge in [0.15, 0.2) is 0 Å². The highest BCUT2D eigenvalue weighted by molar-refractivity contribution is 5.78. The topological polar surface area (TPSA) is 56.2 Å². The molecule has 2 aliphatic carbocycles. The van der Waals surface area contributed by atoms with Crippen LogP contribution >= 0.6 is 0 Å². The molecule has 0 aromatic carbocycles. The lowest BCUT2D eigenvalue weighted by atomic mass is 9.94. The summed E-state index contributed by atoms with van der Waals surface area (Å²) in [7, 11) is 0. The molecule has 1 N–H and O–H groups in total. The number of carbonyl (C=O) groups is 1. The van der Waals surface area contributed by atoms with Gasteiger partial charge in [0.05, 0.1) is 5.69 Å². The summed E-state index contributed by atoms with van der Waals surface area (Å²) in [4.78, 5) is 16.3. The van der Waals surface area contributed by atoms with Gasteiger partial charge in [-0.3, -0.25) is 0 Å². The van der Waals surface area contributed by atoms with Crippen LogP contribution in [0.1, 0.15) is 44.2 Å². The molecule has 2 fully saturated rings. The summed E-state index contributed by atoms with van der Waals surface area (Å²) in [5, 5.41) is 2.86. The highest BCUT2D eigenvalue weighted by Gasteiger charge is 2.36. The van der Waals surface area contributed by atoms with Gasteiger partial charge in [-0.1, -0.05) is 0 Å². The maximum absolute atomic E-state index is 13.1. The fourth-order valence-electron chi connectivity index (χ4n) is 2.46. The Hall–Kier alpha value is -1.66. The summed E-state index contributed by atoms with van der Waals surface area (Å²) >= 11 is 0. The van der Waals surface area contributed by atoms with Gasteiger partial charge in [-0.05, 0) is 32.6 Å². The number of halogens is 2. The quantitative estimate of drug-likeness (QED) is 0.933. The molecule has 1 amide bonds. The van der Waals surface area contributed by atoms with E-state index in [1.165, 1.54) is 4.57 Å². The molecule has 0 saturated heterocycles. The zero-order valence-electron chi connectivity index (χ0n) is 11.9. The number of aromatic nitrogens is 2. The number of aryl methyl sites for hydroxylation is 1. The van der Waals surface area contributed by atoms with Crippen molar-refractivity contribution in [1.82, 2.24) is 14.9 Å². The largest absolute Gasteiger partial charge is 0.461 e. The van der Waals surface area contributed by atoms with Crippen molar-refractivity contribution in [2.24, 2.45) is 0 Å². The molecule has 2 saturated carbocycles. The fourth-order valence-corrected chi connectivity index (χ4v) is 2.46. The minimum atomic E-state index is -2.59.